The highest BCUT2D eigenvalue weighted by atomic mass is 16.5. The standard InChI is InChI=1S/C25H31N3O4/c1-2-27(18-23-6-4-16-31-23)24(29)19-7-9-21(10-8-19)32-22-11-14-28(15-12-22)25(30)20-5-3-13-26-17-20/h3,5,7-10,13,17,22-23H,2,4,6,11-12,14-16,18H2,1H3. The van der Waals surface area contributed by atoms with Gasteiger partial charge in [0, 0.05) is 63.6 Å². The van der Waals surface area contributed by atoms with Crippen molar-refractivity contribution in [3.63, 3.8) is 0 Å². The monoisotopic (exact) mass is 437 g/mol. The number of amides is 2. The lowest BCUT2D eigenvalue weighted by Gasteiger charge is -2.32. The number of nitrogens with zero attached hydrogens (tertiary/aromatic N) is 3. The third-order valence-corrected chi connectivity index (χ3v) is 6.16. The predicted molar refractivity (Wildman–Crippen MR) is 121 cm³/mol. The van der Waals surface area contributed by atoms with Crippen LogP contribution in [0, 0.1) is 0 Å². The minimum absolute atomic E-state index is 0.0166. The van der Waals surface area contributed by atoms with Gasteiger partial charge in [-0.3, -0.25) is 14.6 Å². The maximum Gasteiger partial charge on any atom is 0.255 e. The van der Waals surface area contributed by atoms with E-state index in [-0.39, 0.29) is 24.0 Å². The van der Waals surface area contributed by atoms with Crippen LogP contribution in [0.15, 0.2) is 48.8 Å². The van der Waals surface area contributed by atoms with Gasteiger partial charge in [0.15, 0.2) is 0 Å². The topological polar surface area (TPSA) is 72.0 Å². The van der Waals surface area contributed by atoms with Crippen LogP contribution in [-0.2, 0) is 4.74 Å². The van der Waals surface area contributed by atoms with E-state index < -0.39 is 0 Å². The largest absolute Gasteiger partial charge is 0.490 e. The molecule has 2 aliphatic rings. The first-order valence-electron chi connectivity index (χ1n) is 11.5. The van der Waals surface area contributed by atoms with Crippen molar-refractivity contribution in [3.8, 4) is 5.75 Å². The van der Waals surface area contributed by atoms with Crippen molar-refractivity contribution >= 4 is 11.8 Å². The van der Waals surface area contributed by atoms with Crippen LogP contribution in [-0.4, -0.2) is 71.6 Å². The van der Waals surface area contributed by atoms with Gasteiger partial charge in [-0.25, -0.2) is 0 Å². The summed E-state index contributed by atoms with van der Waals surface area (Å²) in [5, 5.41) is 0. The number of hydrogen-bond acceptors (Lipinski definition) is 5. The molecule has 1 aromatic heterocycles. The maximum atomic E-state index is 12.9. The molecule has 3 heterocycles. The van der Waals surface area contributed by atoms with Gasteiger partial charge >= 0.3 is 0 Å². The Kier molecular flexibility index (Phi) is 7.37. The van der Waals surface area contributed by atoms with Crippen molar-refractivity contribution in [1.82, 2.24) is 14.8 Å². The zero-order chi connectivity index (χ0) is 22.3. The average Bonchev–Trinajstić information content (AvgIpc) is 3.36. The maximum absolute atomic E-state index is 12.9. The van der Waals surface area contributed by atoms with Gasteiger partial charge in [0.05, 0.1) is 11.7 Å². The zero-order valence-corrected chi connectivity index (χ0v) is 18.6. The number of hydrogen-bond donors (Lipinski definition) is 0. The second kappa shape index (κ2) is 10.6. The first-order chi connectivity index (χ1) is 15.6. The van der Waals surface area contributed by atoms with Gasteiger partial charge in [-0.15, -0.1) is 0 Å². The average molecular weight is 438 g/mol. The number of piperidine rings is 1. The summed E-state index contributed by atoms with van der Waals surface area (Å²) in [6.45, 7) is 5.40. The number of benzene rings is 1. The van der Waals surface area contributed by atoms with Crippen molar-refractivity contribution in [2.45, 2.75) is 44.8 Å². The molecular weight excluding hydrogens is 406 g/mol. The summed E-state index contributed by atoms with van der Waals surface area (Å²) in [5.74, 6) is 0.792. The lowest BCUT2D eigenvalue weighted by molar-refractivity contribution is 0.0539. The Labute approximate surface area is 189 Å². The van der Waals surface area contributed by atoms with Gasteiger partial charge in [0.2, 0.25) is 0 Å². The van der Waals surface area contributed by atoms with E-state index in [2.05, 4.69) is 4.98 Å². The molecule has 0 aliphatic carbocycles. The Morgan fingerprint density at radius 2 is 1.91 bits per heavy atom. The number of aromatic nitrogens is 1. The molecule has 2 aliphatic heterocycles. The van der Waals surface area contributed by atoms with Crippen molar-refractivity contribution in [1.29, 1.82) is 0 Å². The molecule has 1 aromatic carbocycles. The van der Waals surface area contributed by atoms with Crippen LogP contribution in [0.5, 0.6) is 5.75 Å². The Morgan fingerprint density at radius 3 is 2.53 bits per heavy atom. The molecule has 2 fully saturated rings. The summed E-state index contributed by atoms with van der Waals surface area (Å²) < 4.78 is 11.8. The van der Waals surface area contributed by atoms with Crippen LogP contribution in [0.3, 0.4) is 0 Å². The number of carbonyl (C=O) groups is 2. The number of pyridine rings is 1. The molecule has 1 atom stereocenters. The molecule has 2 saturated heterocycles. The molecule has 2 amide bonds. The Bertz CT molecular complexity index is 889. The van der Waals surface area contributed by atoms with Crippen LogP contribution < -0.4 is 4.74 Å². The Hall–Kier alpha value is -2.93. The molecule has 1 unspecified atom stereocenters. The highest BCUT2D eigenvalue weighted by molar-refractivity contribution is 5.94. The fourth-order valence-electron chi connectivity index (χ4n) is 4.29. The highest BCUT2D eigenvalue weighted by Crippen LogP contribution is 2.22. The molecule has 7 heteroatoms. The second-order valence-corrected chi connectivity index (χ2v) is 8.35. The smallest absolute Gasteiger partial charge is 0.255 e. The minimum Gasteiger partial charge on any atom is -0.490 e. The molecule has 2 aromatic rings. The summed E-state index contributed by atoms with van der Waals surface area (Å²) in [4.78, 5) is 33.2. The molecule has 4 rings (SSSR count). The molecule has 0 bridgehead atoms. The van der Waals surface area contributed by atoms with E-state index in [1.54, 1.807) is 24.5 Å². The number of rotatable bonds is 7. The van der Waals surface area contributed by atoms with Gasteiger partial charge in [-0.1, -0.05) is 0 Å². The van der Waals surface area contributed by atoms with Crippen molar-refractivity contribution < 1.29 is 19.1 Å². The summed E-state index contributed by atoms with van der Waals surface area (Å²) >= 11 is 0. The predicted octanol–water partition coefficient (Wildman–Crippen LogP) is 3.41. The van der Waals surface area contributed by atoms with Crippen molar-refractivity contribution in [2.24, 2.45) is 0 Å². The lowest BCUT2D eigenvalue weighted by Crippen LogP contribution is -2.41. The summed E-state index contributed by atoms with van der Waals surface area (Å²) in [6, 6.07) is 11.0. The summed E-state index contributed by atoms with van der Waals surface area (Å²) in [7, 11) is 0. The van der Waals surface area contributed by atoms with E-state index in [0.717, 1.165) is 38.0 Å². The summed E-state index contributed by atoms with van der Waals surface area (Å²) in [6.07, 6.45) is 7.12. The summed E-state index contributed by atoms with van der Waals surface area (Å²) in [5.41, 5.74) is 1.28. The lowest BCUT2D eigenvalue weighted by atomic mass is 10.1. The van der Waals surface area contributed by atoms with E-state index in [0.29, 0.717) is 37.3 Å². The first-order valence-corrected chi connectivity index (χ1v) is 11.5. The first kappa shape index (κ1) is 22.3. The molecule has 0 spiro atoms. The SMILES string of the molecule is CCN(CC1CCCO1)C(=O)c1ccc(OC2CCN(C(=O)c3cccnc3)CC2)cc1. The third-order valence-electron chi connectivity index (χ3n) is 6.16. The molecule has 7 nitrogen and oxygen atoms in total. The van der Waals surface area contributed by atoms with Crippen LogP contribution in [0.2, 0.25) is 0 Å². The van der Waals surface area contributed by atoms with Crippen LogP contribution in [0.25, 0.3) is 0 Å². The number of likely N-dealkylation sites (tertiary alicyclic amines) is 1. The van der Waals surface area contributed by atoms with Crippen LogP contribution in [0.1, 0.15) is 53.3 Å². The number of ether oxygens (including phenoxy) is 2. The Balaban J connectivity index is 1.27. The number of carbonyl (C=O) groups excluding carboxylic acids is 2. The van der Waals surface area contributed by atoms with E-state index >= 15 is 0 Å². The van der Waals surface area contributed by atoms with E-state index in [1.807, 2.05) is 41.0 Å². The zero-order valence-electron chi connectivity index (χ0n) is 18.6. The fourth-order valence-corrected chi connectivity index (χ4v) is 4.29. The van der Waals surface area contributed by atoms with Crippen molar-refractivity contribution in [3.05, 3.63) is 59.9 Å². The second-order valence-electron chi connectivity index (χ2n) is 8.35. The minimum atomic E-state index is 0.0166. The van der Waals surface area contributed by atoms with Crippen LogP contribution >= 0.6 is 0 Å². The molecule has 0 N–H and O–H groups in total. The molecule has 32 heavy (non-hydrogen) atoms. The van der Waals surface area contributed by atoms with Crippen molar-refractivity contribution in [2.75, 3.05) is 32.8 Å². The van der Waals surface area contributed by atoms with Gasteiger partial charge < -0.3 is 19.3 Å². The molecular formula is C25H31N3O4. The van der Waals surface area contributed by atoms with Gasteiger partial charge in [-0.05, 0) is 56.2 Å². The van der Waals surface area contributed by atoms with E-state index in [4.69, 9.17) is 9.47 Å². The number of likely N-dealkylation sites (N-methyl/N-ethyl adjacent to an activating group) is 1. The Morgan fingerprint density at radius 1 is 1.12 bits per heavy atom. The molecule has 0 radical (unpaired) electrons. The third kappa shape index (κ3) is 5.46. The fraction of sp³-hybridized carbons (Fsp3) is 0.480. The highest BCUT2D eigenvalue weighted by Gasteiger charge is 2.25. The van der Waals surface area contributed by atoms with Gasteiger partial charge in [0.25, 0.3) is 11.8 Å². The van der Waals surface area contributed by atoms with Gasteiger partial charge in [0.1, 0.15) is 11.9 Å². The quantitative estimate of drug-likeness (QED) is 0.664. The normalized spacial score (nSPS) is 19.0. The molecule has 170 valence electrons. The molecule has 0 saturated carbocycles. The van der Waals surface area contributed by atoms with Gasteiger partial charge in [-0.2, -0.15) is 0 Å². The van der Waals surface area contributed by atoms with Crippen LogP contribution in [0.4, 0.5) is 0 Å². The van der Waals surface area contributed by atoms with E-state index in [1.165, 1.54) is 0 Å². The van der Waals surface area contributed by atoms with E-state index in [9.17, 15) is 9.59 Å².